The lowest BCUT2D eigenvalue weighted by molar-refractivity contribution is -0.190. The molecule has 4 nitrogen and oxygen atoms in total. The molecule has 0 aliphatic heterocycles. The fraction of sp³-hybridized carbons (Fsp3) is 0.200. The Labute approximate surface area is 63.9 Å². The second-order valence-corrected chi connectivity index (χ2v) is 1.72. The lowest BCUT2D eigenvalue weighted by atomic mass is 10.6. The molecule has 0 fully saturated rings. The summed E-state index contributed by atoms with van der Waals surface area (Å²) in [6.45, 7) is 0. The van der Waals surface area contributed by atoms with Crippen LogP contribution in [0.4, 0.5) is 13.2 Å². The van der Waals surface area contributed by atoms with Crippen molar-refractivity contribution in [1.29, 1.82) is 0 Å². The Hall–Kier alpha value is -1.53. The van der Waals surface area contributed by atoms with Gasteiger partial charge in [-0.15, -0.1) is 0 Å². The van der Waals surface area contributed by atoms with Crippen LogP contribution in [0.5, 0.6) is 5.88 Å². The fourth-order valence-electron chi connectivity index (χ4n) is 0.407. The van der Waals surface area contributed by atoms with E-state index in [1.54, 1.807) is 0 Å². The number of esters is 1. The largest absolute Gasteiger partial charge is 0.491 e. The van der Waals surface area contributed by atoms with Crippen LogP contribution >= 0.6 is 0 Å². The molecule has 0 spiro atoms. The van der Waals surface area contributed by atoms with Gasteiger partial charge in [0, 0.05) is 6.07 Å². The Kier molecular flexibility index (Phi) is 2.03. The summed E-state index contributed by atoms with van der Waals surface area (Å²) in [5.41, 5.74) is 0. The van der Waals surface area contributed by atoms with Crippen molar-refractivity contribution in [3.05, 3.63) is 12.3 Å². The van der Waals surface area contributed by atoms with Crippen LogP contribution in [0.3, 0.4) is 0 Å². The van der Waals surface area contributed by atoms with Gasteiger partial charge in [-0.25, -0.2) is 4.79 Å². The van der Waals surface area contributed by atoms with Gasteiger partial charge in [0.1, 0.15) is 6.26 Å². The number of ether oxygens (including phenoxy) is 1. The molecule has 0 saturated carbocycles. The number of halogens is 3. The number of carbonyl (C=O) groups is 1. The summed E-state index contributed by atoms with van der Waals surface area (Å²) in [5.74, 6) is -2.84. The quantitative estimate of drug-likeness (QED) is 0.609. The van der Waals surface area contributed by atoms with Gasteiger partial charge >= 0.3 is 12.1 Å². The van der Waals surface area contributed by atoms with Crippen molar-refractivity contribution in [2.45, 2.75) is 6.18 Å². The van der Waals surface area contributed by atoms with E-state index in [-0.39, 0.29) is 0 Å². The minimum atomic E-state index is -5.01. The van der Waals surface area contributed by atoms with Crippen LogP contribution in [0.15, 0.2) is 16.9 Å². The van der Waals surface area contributed by atoms with E-state index in [0.29, 0.717) is 0 Å². The minimum absolute atomic E-state index is 0.516. The number of carbonyl (C=O) groups excluding carboxylic acids is 1. The first-order valence-corrected chi connectivity index (χ1v) is 2.69. The summed E-state index contributed by atoms with van der Waals surface area (Å²) >= 11 is 0. The summed E-state index contributed by atoms with van der Waals surface area (Å²) in [5, 5.41) is 2.95. The predicted octanol–water partition coefficient (Wildman–Crippen LogP) is 1.14. The third-order valence-corrected chi connectivity index (χ3v) is 0.843. The monoisotopic (exact) mass is 181 g/mol. The zero-order valence-electron chi connectivity index (χ0n) is 5.46. The van der Waals surface area contributed by atoms with Crippen LogP contribution in [0.25, 0.3) is 0 Å². The van der Waals surface area contributed by atoms with Crippen molar-refractivity contribution in [1.82, 2.24) is 5.16 Å². The highest BCUT2D eigenvalue weighted by Gasteiger charge is 2.41. The first-order chi connectivity index (χ1) is 5.50. The first kappa shape index (κ1) is 8.57. The van der Waals surface area contributed by atoms with Gasteiger partial charge in [0.25, 0.3) is 5.88 Å². The number of alkyl halides is 3. The molecule has 0 aliphatic rings. The van der Waals surface area contributed by atoms with Gasteiger partial charge in [-0.2, -0.15) is 13.2 Å². The van der Waals surface area contributed by atoms with E-state index >= 15 is 0 Å². The van der Waals surface area contributed by atoms with Gasteiger partial charge in [-0.3, -0.25) is 0 Å². The zero-order valence-corrected chi connectivity index (χ0v) is 5.46. The van der Waals surface area contributed by atoms with Crippen LogP contribution in [0.2, 0.25) is 0 Å². The lowest BCUT2D eigenvalue weighted by Gasteiger charge is -2.02. The van der Waals surface area contributed by atoms with Crippen molar-refractivity contribution >= 4 is 5.97 Å². The second kappa shape index (κ2) is 2.84. The molecule has 0 aliphatic carbocycles. The van der Waals surface area contributed by atoms with E-state index in [1.807, 2.05) is 0 Å². The molecule has 0 amide bonds. The number of aromatic nitrogens is 1. The van der Waals surface area contributed by atoms with E-state index in [1.165, 1.54) is 0 Å². The van der Waals surface area contributed by atoms with Crippen molar-refractivity contribution in [2.75, 3.05) is 0 Å². The molecular formula is C5H2F3NO3. The molecular weight excluding hydrogens is 179 g/mol. The SMILES string of the molecule is O=C(Oc1ccon1)C(F)(F)F. The molecule has 0 saturated heterocycles. The molecule has 0 N–H and O–H groups in total. The highest BCUT2D eigenvalue weighted by molar-refractivity contribution is 5.77. The first-order valence-electron chi connectivity index (χ1n) is 2.69. The fourth-order valence-corrected chi connectivity index (χ4v) is 0.407. The van der Waals surface area contributed by atoms with Gasteiger partial charge in [0.05, 0.1) is 0 Å². The number of nitrogens with zero attached hydrogens (tertiary/aromatic N) is 1. The Morgan fingerprint density at radius 1 is 1.58 bits per heavy atom. The Morgan fingerprint density at radius 3 is 2.67 bits per heavy atom. The lowest BCUT2D eigenvalue weighted by Crippen LogP contribution is -2.28. The molecule has 0 atom stereocenters. The summed E-state index contributed by atoms with van der Waals surface area (Å²) in [4.78, 5) is 10.1. The molecule has 1 heterocycles. The van der Waals surface area contributed by atoms with Crippen molar-refractivity contribution < 1.29 is 27.2 Å². The maximum Gasteiger partial charge on any atom is 0.491 e. The molecule has 0 aromatic carbocycles. The normalized spacial score (nSPS) is 11.2. The smallest absolute Gasteiger partial charge is 0.397 e. The maximum atomic E-state index is 11.5. The summed E-state index contributed by atoms with van der Waals surface area (Å²) in [7, 11) is 0. The zero-order chi connectivity index (χ0) is 9.19. The Morgan fingerprint density at radius 2 is 2.25 bits per heavy atom. The standard InChI is InChI=1S/C5H2F3NO3/c6-5(7,8)4(10)12-3-1-2-11-9-3/h1-2H. The minimum Gasteiger partial charge on any atom is -0.397 e. The molecule has 0 bridgehead atoms. The van der Waals surface area contributed by atoms with E-state index in [2.05, 4.69) is 14.4 Å². The van der Waals surface area contributed by atoms with Crippen LogP contribution in [-0.4, -0.2) is 17.3 Å². The molecule has 1 aromatic heterocycles. The van der Waals surface area contributed by atoms with Crippen LogP contribution < -0.4 is 4.74 Å². The molecule has 1 aromatic rings. The molecule has 7 heteroatoms. The van der Waals surface area contributed by atoms with Crippen LogP contribution in [-0.2, 0) is 4.79 Å². The van der Waals surface area contributed by atoms with Crippen molar-refractivity contribution in [3.63, 3.8) is 0 Å². The Bertz CT molecular complexity index is 266. The highest BCUT2D eigenvalue weighted by atomic mass is 19.4. The molecule has 66 valence electrons. The third-order valence-electron chi connectivity index (χ3n) is 0.843. The highest BCUT2D eigenvalue weighted by Crippen LogP contribution is 2.18. The summed E-state index contributed by atoms with van der Waals surface area (Å²) in [6, 6.07) is 0.990. The topological polar surface area (TPSA) is 52.3 Å². The van der Waals surface area contributed by atoms with E-state index in [9.17, 15) is 18.0 Å². The van der Waals surface area contributed by atoms with Crippen molar-refractivity contribution in [3.8, 4) is 5.88 Å². The molecule has 0 radical (unpaired) electrons. The van der Waals surface area contributed by atoms with E-state index in [0.717, 1.165) is 12.3 Å². The average molecular weight is 181 g/mol. The van der Waals surface area contributed by atoms with E-state index in [4.69, 9.17) is 0 Å². The number of hydrogen-bond donors (Lipinski definition) is 0. The van der Waals surface area contributed by atoms with Crippen LogP contribution in [0, 0.1) is 0 Å². The van der Waals surface area contributed by atoms with Gasteiger partial charge in [0.15, 0.2) is 0 Å². The van der Waals surface area contributed by atoms with E-state index < -0.39 is 18.0 Å². The molecule has 12 heavy (non-hydrogen) atoms. The van der Waals surface area contributed by atoms with Gasteiger partial charge < -0.3 is 9.26 Å². The third kappa shape index (κ3) is 1.97. The average Bonchev–Trinajstić information content (AvgIpc) is 2.37. The van der Waals surface area contributed by atoms with Crippen LogP contribution in [0.1, 0.15) is 0 Å². The number of hydrogen-bond acceptors (Lipinski definition) is 4. The summed E-state index contributed by atoms with van der Waals surface area (Å²) in [6.07, 6.45) is -4.03. The van der Waals surface area contributed by atoms with Gasteiger partial charge in [-0.1, -0.05) is 0 Å². The van der Waals surface area contributed by atoms with Gasteiger partial charge in [-0.05, 0) is 5.16 Å². The predicted molar refractivity (Wildman–Crippen MR) is 28.2 cm³/mol. The summed E-state index contributed by atoms with van der Waals surface area (Å²) < 4.78 is 42.4. The van der Waals surface area contributed by atoms with Crippen molar-refractivity contribution in [2.24, 2.45) is 0 Å². The van der Waals surface area contributed by atoms with Gasteiger partial charge in [0.2, 0.25) is 0 Å². The number of rotatable bonds is 1. The second-order valence-electron chi connectivity index (χ2n) is 1.72. The molecule has 0 unspecified atom stereocenters. The molecule has 1 rings (SSSR count). The Balaban J connectivity index is 2.60. The maximum absolute atomic E-state index is 11.5.